The van der Waals surface area contributed by atoms with Crippen molar-refractivity contribution in [1.29, 1.82) is 0 Å². The molecule has 0 atom stereocenters. The van der Waals surface area contributed by atoms with Gasteiger partial charge in [0, 0.05) is 6.20 Å². The largest absolute Gasteiger partial charge is 0.342 e. The van der Waals surface area contributed by atoms with Gasteiger partial charge in [-0.2, -0.15) is 5.10 Å². The van der Waals surface area contributed by atoms with E-state index in [-0.39, 0.29) is 0 Å². The summed E-state index contributed by atoms with van der Waals surface area (Å²) in [5, 5.41) is 6.95. The Morgan fingerprint density at radius 2 is 2.20 bits per heavy atom. The van der Waals surface area contributed by atoms with Crippen molar-refractivity contribution in [3.05, 3.63) is 23.9 Å². The van der Waals surface area contributed by atoms with E-state index in [1.54, 1.807) is 18.7 Å². The van der Waals surface area contributed by atoms with Crippen molar-refractivity contribution in [1.82, 2.24) is 30.1 Å². The molecule has 6 nitrogen and oxygen atoms in total. The fourth-order valence-electron chi connectivity index (χ4n) is 1.30. The van der Waals surface area contributed by atoms with Gasteiger partial charge in [-0.3, -0.25) is 5.10 Å². The number of hydrogen-bond donors (Lipinski definition) is 2. The average molecular weight is 221 g/mol. The number of hydrogen-bond acceptors (Lipinski definition) is 4. The van der Waals surface area contributed by atoms with E-state index < -0.39 is 0 Å². The number of aromatic amines is 2. The molecule has 0 bridgehead atoms. The molecule has 3 aromatic rings. The van der Waals surface area contributed by atoms with Gasteiger partial charge in [0.05, 0.1) is 12.5 Å². The molecule has 0 aliphatic carbocycles. The summed E-state index contributed by atoms with van der Waals surface area (Å²) in [5.74, 6) is 0.506. The Bertz CT molecular complexity index is 599. The Morgan fingerprint density at radius 3 is 3.00 bits per heavy atom. The van der Waals surface area contributed by atoms with Crippen LogP contribution in [0.15, 0.2) is 18.7 Å². The molecule has 0 aliphatic rings. The molecule has 0 radical (unpaired) electrons. The SMILES string of the molecule is Clc1nc(-c2cnc[nH]2)nc2c[nH]nc12. The highest BCUT2D eigenvalue weighted by atomic mass is 35.5. The third-order valence-electron chi connectivity index (χ3n) is 1.99. The number of nitrogens with zero attached hydrogens (tertiary/aromatic N) is 4. The fourth-order valence-corrected chi connectivity index (χ4v) is 1.52. The molecule has 0 saturated heterocycles. The second kappa shape index (κ2) is 3.03. The van der Waals surface area contributed by atoms with Crippen LogP contribution in [0, 0.1) is 0 Å². The van der Waals surface area contributed by atoms with Gasteiger partial charge in [0.25, 0.3) is 0 Å². The van der Waals surface area contributed by atoms with Crippen LogP contribution in [0.3, 0.4) is 0 Å². The maximum Gasteiger partial charge on any atom is 0.179 e. The number of fused-ring (bicyclic) bond motifs is 1. The number of aromatic nitrogens is 6. The highest BCUT2D eigenvalue weighted by Crippen LogP contribution is 2.21. The van der Waals surface area contributed by atoms with Gasteiger partial charge in [0.2, 0.25) is 0 Å². The molecule has 0 spiro atoms. The molecule has 74 valence electrons. The molecule has 7 heteroatoms. The Labute approximate surface area is 88.7 Å². The Hall–Kier alpha value is -1.95. The fraction of sp³-hybridized carbons (Fsp3) is 0. The van der Waals surface area contributed by atoms with Crippen LogP contribution in [0.4, 0.5) is 0 Å². The molecule has 0 fully saturated rings. The second-order valence-electron chi connectivity index (χ2n) is 2.92. The highest BCUT2D eigenvalue weighted by molar-refractivity contribution is 6.33. The first kappa shape index (κ1) is 8.37. The van der Waals surface area contributed by atoms with E-state index in [1.165, 1.54) is 0 Å². The first-order valence-electron chi connectivity index (χ1n) is 4.20. The van der Waals surface area contributed by atoms with Crippen molar-refractivity contribution < 1.29 is 0 Å². The minimum absolute atomic E-state index is 0.325. The van der Waals surface area contributed by atoms with Crippen LogP contribution in [0.1, 0.15) is 0 Å². The van der Waals surface area contributed by atoms with Gasteiger partial charge >= 0.3 is 0 Å². The summed E-state index contributed by atoms with van der Waals surface area (Å²) in [7, 11) is 0. The lowest BCUT2D eigenvalue weighted by molar-refractivity contribution is 1.11. The zero-order chi connectivity index (χ0) is 10.3. The van der Waals surface area contributed by atoms with Gasteiger partial charge in [-0.25, -0.2) is 15.0 Å². The van der Waals surface area contributed by atoms with Gasteiger partial charge in [0.1, 0.15) is 16.7 Å². The number of imidazole rings is 1. The van der Waals surface area contributed by atoms with E-state index in [0.717, 1.165) is 5.69 Å². The van der Waals surface area contributed by atoms with E-state index in [0.29, 0.717) is 22.0 Å². The third-order valence-corrected chi connectivity index (χ3v) is 2.25. The molecule has 3 rings (SSSR count). The second-order valence-corrected chi connectivity index (χ2v) is 3.28. The van der Waals surface area contributed by atoms with Gasteiger partial charge in [-0.05, 0) is 0 Å². The molecule has 2 N–H and O–H groups in total. The van der Waals surface area contributed by atoms with Crippen molar-refractivity contribution in [2.45, 2.75) is 0 Å². The maximum atomic E-state index is 5.95. The minimum atomic E-state index is 0.325. The van der Waals surface area contributed by atoms with E-state index >= 15 is 0 Å². The average Bonchev–Trinajstić information content (AvgIpc) is 2.88. The van der Waals surface area contributed by atoms with E-state index in [4.69, 9.17) is 11.6 Å². The van der Waals surface area contributed by atoms with Gasteiger partial charge in [0.15, 0.2) is 11.0 Å². The number of rotatable bonds is 1. The van der Waals surface area contributed by atoms with Gasteiger partial charge in [-0.15, -0.1) is 0 Å². The molecule has 3 heterocycles. The van der Waals surface area contributed by atoms with Crippen LogP contribution in [0.25, 0.3) is 22.6 Å². The normalized spacial score (nSPS) is 11.0. The van der Waals surface area contributed by atoms with Crippen LogP contribution >= 0.6 is 11.6 Å². The lowest BCUT2D eigenvalue weighted by Gasteiger charge is -1.96. The first-order valence-corrected chi connectivity index (χ1v) is 4.58. The predicted molar refractivity (Wildman–Crippen MR) is 54.3 cm³/mol. The van der Waals surface area contributed by atoms with Crippen molar-refractivity contribution >= 4 is 22.6 Å². The minimum Gasteiger partial charge on any atom is -0.342 e. The van der Waals surface area contributed by atoms with Gasteiger partial charge in [-0.1, -0.05) is 11.6 Å². The molecule has 15 heavy (non-hydrogen) atoms. The molecule has 0 saturated carbocycles. The van der Waals surface area contributed by atoms with E-state index in [9.17, 15) is 0 Å². The highest BCUT2D eigenvalue weighted by Gasteiger charge is 2.10. The molecular formula is C8H5ClN6. The van der Waals surface area contributed by atoms with Crippen LogP contribution in [-0.2, 0) is 0 Å². The number of halogens is 1. The molecule has 0 aliphatic heterocycles. The van der Waals surface area contributed by atoms with E-state index in [2.05, 4.69) is 30.1 Å². The van der Waals surface area contributed by atoms with Crippen molar-refractivity contribution in [2.75, 3.05) is 0 Å². The molecule has 0 unspecified atom stereocenters. The van der Waals surface area contributed by atoms with Crippen LogP contribution in [0.2, 0.25) is 5.15 Å². The zero-order valence-electron chi connectivity index (χ0n) is 7.40. The smallest absolute Gasteiger partial charge is 0.179 e. The Morgan fingerprint density at radius 1 is 1.27 bits per heavy atom. The Balaban J connectivity index is 2.29. The summed E-state index contributed by atoms with van der Waals surface area (Å²) >= 11 is 5.95. The summed E-state index contributed by atoms with van der Waals surface area (Å²) in [6.07, 6.45) is 4.87. The summed E-state index contributed by atoms with van der Waals surface area (Å²) in [6, 6.07) is 0. The van der Waals surface area contributed by atoms with Crippen molar-refractivity contribution in [3.63, 3.8) is 0 Å². The van der Waals surface area contributed by atoms with Crippen molar-refractivity contribution in [3.8, 4) is 11.5 Å². The summed E-state index contributed by atoms with van der Waals surface area (Å²) in [4.78, 5) is 15.2. The van der Waals surface area contributed by atoms with Crippen molar-refractivity contribution in [2.24, 2.45) is 0 Å². The lowest BCUT2D eigenvalue weighted by atomic mass is 10.4. The van der Waals surface area contributed by atoms with Crippen LogP contribution < -0.4 is 0 Å². The topological polar surface area (TPSA) is 83.1 Å². The third kappa shape index (κ3) is 1.26. The van der Waals surface area contributed by atoms with Crippen LogP contribution in [-0.4, -0.2) is 30.1 Å². The van der Waals surface area contributed by atoms with E-state index in [1.807, 2.05) is 0 Å². The maximum absolute atomic E-state index is 5.95. The quantitative estimate of drug-likeness (QED) is 0.607. The Kier molecular flexibility index (Phi) is 1.69. The number of nitrogens with one attached hydrogen (secondary N) is 2. The predicted octanol–water partition coefficient (Wildman–Crippen LogP) is 1.40. The first-order chi connectivity index (χ1) is 7.34. The molecule has 0 aromatic carbocycles. The van der Waals surface area contributed by atoms with Crippen LogP contribution in [0.5, 0.6) is 0 Å². The number of H-pyrrole nitrogens is 2. The standard InChI is InChI=1S/C8H5ClN6/c9-7-6-4(2-12-15-6)13-8(14-7)5-1-10-3-11-5/h1-3H,(H,10,11)(H,12,15). The lowest BCUT2D eigenvalue weighted by Crippen LogP contribution is -1.90. The molecular weight excluding hydrogens is 216 g/mol. The monoisotopic (exact) mass is 220 g/mol. The summed E-state index contributed by atoms with van der Waals surface area (Å²) < 4.78 is 0. The van der Waals surface area contributed by atoms with Gasteiger partial charge < -0.3 is 4.98 Å². The summed E-state index contributed by atoms with van der Waals surface area (Å²) in [6.45, 7) is 0. The molecule has 0 amide bonds. The summed E-state index contributed by atoms with van der Waals surface area (Å²) in [5.41, 5.74) is 1.97. The zero-order valence-corrected chi connectivity index (χ0v) is 8.15. The molecule has 3 aromatic heterocycles.